The van der Waals surface area contributed by atoms with Crippen LogP contribution in [0.4, 0.5) is 0 Å². The van der Waals surface area contributed by atoms with Crippen molar-refractivity contribution in [2.45, 2.75) is 26.7 Å². The van der Waals surface area contributed by atoms with Crippen LogP contribution in [0.5, 0.6) is 0 Å². The number of hydrogen-bond acceptors (Lipinski definition) is 3. The van der Waals surface area contributed by atoms with E-state index in [-0.39, 0.29) is 0 Å². The van der Waals surface area contributed by atoms with Gasteiger partial charge in [-0.15, -0.1) is 5.10 Å². The van der Waals surface area contributed by atoms with Gasteiger partial charge in [-0.25, -0.2) is 9.97 Å². The molecule has 4 heteroatoms. The molecule has 3 rings (SSSR count). The second kappa shape index (κ2) is 3.52. The highest BCUT2D eigenvalue weighted by Gasteiger charge is 2.13. The Balaban J connectivity index is 2.54. The maximum atomic E-state index is 4.68. The van der Waals surface area contributed by atoms with Gasteiger partial charge in [-0.1, -0.05) is 26.0 Å². The second-order valence-electron chi connectivity index (χ2n) is 4.54. The smallest absolute Gasteiger partial charge is 0.167 e. The number of hydrogen-bond donors (Lipinski definition) is 0. The number of nitrogens with zero attached hydrogens (tertiary/aromatic N) is 4. The fourth-order valence-electron chi connectivity index (χ4n) is 2.05. The van der Waals surface area contributed by atoms with Crippen LogP contribution in [0.3, 0.4) is 0 Å². The first-order valence-electron chi connectivity index (χ1n) is 5.79. The summed E-state index contributed by atoms with van der Waals surface area (Å²) >= 11 is 0. The van der Waals surface area contributed by atoms with Gasteiger partial charge >= 0.3 is 0 Å². The highest BCUT2D eigenvalue weighted by Crippen LogP contribution is 2.21. The van der Waals surface area contributed by atoms with E-state index in [4.69, 9.17) is 0 Å². The maximum absolute atomic E-state index is 4.68. The summed E-state index contributed by atoms with van der Waals surface area (Å²) in [6.07, 6.45) is 0. The Morgan fingerprint density at radius 2 is 1.88 bits per heavy atom. The zero-order valence-electron chi connectivity index (χ0n) is 10.2. The van der Waals surface area contributed by atoms with E-state index in [1.165, 1.54) is 0 Å². The van der Waals surface area contributed by atoms with Crippen molar-refractivity contribution in [2.75, 3.05) is 0 Å². The molecular weight excluding hydrogens is 212 g/mol. The fourth-order valence-corrected chi connectivity index (χ4v) is 2.05. The zero-order chi connectivity index (χ0) is 12.0. The fraction of sp³-hybridized carbons (Fsp3) is 0.308. The van der Waals surface area contributed by atoms with Crippen molar-refractivity contribution in [1.29, 1.82) is 0 Å². The van der Waals surface area contributed by atoms with Crippen LogP contribution in [0.25, 0.3) is 16.6 Å². The Kier molecular flexibility index (Phi) is 2.11. The van der Waals surface area contributed by atoms with E-state index < -0.39 is 0 Å². The average Bonchev–Trinajstić information content (AvgIpc) is 2.69. The van der Waals surface area contributed by atoms with Crippen molar-refractivity contribution in [1.82, 2.24) is 19.6 Å². The Morgan fingerprint density at radius 3 is 2.65 bits per heavy atom. The average molecular weight is 226 g/mol. The van der Waals surface area contributed by atoms with E-state index in [2.05, 4.69) is 28.9 Å². The van der Waals surface area contributed by atoms with Crippen LogP contribution in [0.1, 0.15) is 31.4 Å². The summed E-state index contributed by atoms with van der Waals surface area (Å²) in [4.78, 5) is 9.17. The normalized spacial score (nSPS) is 11.8. The lowest BCUT2D eigenvalue weighted by Gasteiger charge is -2.08. The summed E-state index contributed by atoms with van der Waals surface area (Å²) in [6.45, 7) is 6.15. The number of aromatic nitrogens is 4. The topological polar surface area (TPSA) is 43.1 Å². The molecule has 0 spiro atoms. The Morgan fingerprint density at radius 1 is 1.12 bits per heavy atom. The third-order valence-electron chi connectivity index (χ3n) is 2.83. The summed E-state index contributed by atoms with van der Waals surface area (Å²) in [5.74, 6) is 2.06. The Labute approximate surface area is 99.3 Å². The van der Waals surface area contributed by atoms with Gasteiger partial charge in [-0.3, -0.25) is 0 Å². The van der Waals surface area contributed by atoms with Crippen LogP contribution in [0.15, 0.2) is 24.3 Å². The van der Waals surface area contributed by atoms with E-state index in [9.17, 15) is 0 Å². The quantitative estimate of drug-likeness (QED) is 0.640. The molecule has 0 fully saturated rings. The molecule has 4 nitrogen and oxygen atoms in total. The van der Waals surface area contributed by atoms with Crippen LogP contribution < -0.4 is 0 Å². The summed E-state index contributed by atoms with van der Waals surface area (Å²) in [5, 5.41) is 5.48. The summed E-state index contributed by atoms with van der Waals surface area (Å²) in [7, 11) is 0. The summed E-state index contributed by atoms with van der Waals surface area (Å²) in [6, 6.07) is 8.06. The molecule has 0 atom stereocenters. The van der Waals surface area contributed by atoms with Crippen LogP contribution in [0, 0.1) is 6.92 Å². The predicted molar refractivity (Wildman–Crippen MR) is 67.1 cm³/mol. The minimum Gasteiger partial charge on any atom is -0.232 e. The Hall–Kier alpha value is -1.97. The van der Waals surface area contributed by atoms with Gasteiger partial charge in [0.1, 0.15) is 11.6 Å². The number of benzene rings is 1. The molecule has 86 valence electrons. The van der Waals surface area contributed by atoms with Crippen molar-refractivity contribution in [3.05, 3.63) is 35.9 Å². The van der Waals surface area contributed by atoms with Gasteiger partial charge in [0.25, 0.3) is 0 Å². The summed E-state index contributed by atoms with van der Waals surface area (Å²) in [5.41, 5.74) is 1.88. The molecule has 0 N–H and O–H groups in total. The van der Waals surface area contributed by atoms with E-state index in [1.807, 2.05) is 35.7 Å². The second-order valence-corrected chi connectivity index (χ2v) is 4.54. The molecule has 2 aromatic heterocycles. The monoisotopic (exact) mass is 226 g/mol. The lowest BCUT2D eigenvalue weighted by atomic mass is 10.2. The molecular formula is C13H14N4. The SMILES string of the molecule is Cc1nc2c3ccccc3nc(C(C)C)n2n1. The third kappa shape index (κ3) is 1.48. The van der Waals surface area contributed by atoms with Crippen LogP contribution >= 0.6 is 0 Å². The van der Waals surface area contributed by atoms with Gasteiger partial charge in [0.05, 0.1) is 5.52 Å². The van der Waals surface area contributed by atoms with Gasteiger partial charge in [-0.2, -0.15) is 4.52 Å². The summed E-state index contributed by atoms with van der Waals surface area (Å²) < 4.78 is 1.86. The van der Waals surface area contributed by atoms with Crippen molar-refractivity contribution in [2.24, 2.45) is 0 Å². The van der Waals surface area contributed by atoms with Crippen LogP contribution in [-0.2, 0) is 0 Å². The first-order chi connectivity index (χ1) is 8.16. The van der Waals surface area contributed by atoms with Gasteiger partial charge in [0.15, 0.2) is 5.65 Å². The molecule has 0 aliphatic rings. The van der Waals surface area contributed by atoms with Crippen molar-refractivity contribution in [3.63, 3.8) is 0 Å². The first kappa shape index (κ1) is 10.2. The molecule has 3 aromatic rings. The van der Waals surface area contributed by atoms with Crippen LogP contribution in [-0.4, -0.2) is 19.6 Å². The maximum Gasteiger partial charge on any atom is 0.167 e. The molecule has 0 aliphatic carbocycles. The third-order valence-corrected chi connectivity index (χ3v) is 2.83. The van der Waals surface area contributed by atoms with E-state index in [0.29, 0.717) is 5.92 Å². The Bertz CT molecular complexity index is 697. The van der Waals surface area contributed by atoms with E-state index >= 15 is 0 Å². The minimum atomic E-state index is 0.322. The highest BCUT2D eigenvalue weighted by molar-refractivity contribution is 5.91. The lowest BCUT2D eigenvalue weighted by Crippen LogP contribution is -2.05. The molecule has 0 saturated carbocycles. The van der Waals surface area contributed by atoms with Crippen molar-refractivity contribution in [3.8, 4) is 0 Å². The largest absolute Gasteiger partial charge is 0.232 e. The number of para-hydroxylation sites is 1. The number of rotatable bonds is 1. The molecule has 0 unspecified atom stereocenters. The van der Waals surface area contributed by atoms with Crippen molar-refractivity contribution >= 4 is 16.6 Å². The zero-order valence-corrected chi connectivity index (χ0v) is 10.2. The molecule has 2 heterocycles. The van der Waals surface area contributed by atoms with Gasteiger partial charge < -0.3 is 0 Å². The molecule has 0 aliphatic heterocycles. The van der Waals surface area contributed by atoms with Gasteiger partial charge in [-0.05, 0) is 19.1 Å². The van der Waals surface area contributed by atoms with Gasteiger partial charge in [0.2, 0.25) is 0 Å². The molecule has 1 aromatic carbocycles. The molecule has 0 bridgehead atoms. The predicted octanol–water partition coefficient (Wildman–Crippen LogP) is 2.71. The number of aryl methyl sites for hydroxylation is 1. The van der Waals surface area contributed by atoms with E-state index in [1.54, 1.807) is 0 Å². The molecule has 0 amide bonds. The highest BCUT2D eigenvalue weighted by atomic mass is 15.3. The lowest BCUT2D eigenvalue weighted by molar-refractivity contribution is 0.717. The minimum absolute atomic E-state index is 0.322. The first-order valence-corrected chi connectivity index (χ1v) is 5.79. The molecule has 0 saturated heterocycles. The van der Waals surface area contributed by atoms with Crippen molar-refractivity contribution < 1.29 is 0 Å². The molecule has 17 heavy (non-hydrogen) atoms. The van der Waals surface area contributed by atoms with E-state index in [0.717, 1.165) is 28.2 Å². The standard InChI is InChI=1S/C13H14N4/c1-8(2)12-15-11-7-5-4-6-10(11)13-14-9(3)16-17(12)13/h4-8H,1-3H3. The van der Waals surface area contributed by atoms with Gasteiger partial charge in [0, 0.05) is 11.3 Å². The number of fused-ring (bicyclic) bond motifs is 3. The van der Waals surface area contributed by atoms with Crippen LogP contribution in [0.2, 0.25) is 0 Å². The molecule has 0 radical (unpaired) electrons.